The lowest BCUT2D eigenvalue weighted by atomic mass is 10.1. The van der Waals surface area contributed by atoms with Crippen LogP contribution in [0.3, 0.4) is 0 Å². The van der Waals surface area contributed by atoms with E-state index < -0.39 is 0 Å². The first-order valence-corrected chi connectivity index (χ1v) is 8.18. The molecule has 0 spiro atoms. The van der Waals surface area contributed by atoms with Crippen molar-refractivity contribution in [1.82, 2.24) is 10.2 Å². The van der Waals surface area contributed by atoms with E-state index in [-0.39, 0.29) is 12.1 Å². The van der Waals surface area contributed by atoms with Crippen molar-refractivity contribution in [3.05, 3.63) is 21.3 Å². The standard InChI is InChI=1S/C14H21ClN2O2S/c1-3-17(8-11-6-7-19-9-11)14(18)16-10(2)12-4-5-13(15)20-12/h4-5,10-11H,3,6-9H2,1-2H3,(H,16,18)/t10-,11-/m1/s1. The lowest BCUT2D eigenvalue weighted by Gasteiger charge is -2.25. The Morgan fingerprint density at radius 1 is 1.65 bits per heavy atom. The number of amides is 2. The van der Waals surface area contributed by atoms with Crippen LogP contribution in [0.4, 0.5) is 4.79 Å². The molecule has 1 fully saturated rings. The van der Waals surface area contributed by atoms with Crippen molar-refractivity contribution in [2.45, 2.75) is 26.3 Å². The third-order valence-corrected chi connectivity index (χ3v) is 4.95. The predicted molar refractivity (Wildman–Crippen MR) is 82.4 cm³/mol. The van der Waals surface area contributed by atoms with Gasteiger partial charge in [-0.2, -0.15) is 0 Å². The average molecular weight is 317 g/mol. The van der Waals surface area contributed by atoms with Crippen LogP contribution in [0.1, 0.15) is 31.2 Å². The number of carbonyl (C=O) groups is 1. The summed E-state index contributed by atoms with van der Waals surface area (Å²) in [5.74, 6) is 0.465. The van der Waals surface area contributed by atoms with Gasteiger partial charge in [-0.1, -0.05) is 11.6 Å². The molecule has 1 N–H and O–H groups in total. The maximum absolute atomic E-state index is 12.3. The van der Waals surface area contributed by atoms with Gasteiger partial charge in [0, 0.05) is 30.5 Å². The first kappa shape index (κ1) is 15.6. The normalized spacial score (nSPS) is 19.9. The summed E-state index contributed by atoms with van der Waals surface area (Å²) < 4.78 is 6.11. The summed E-state index contributed by atoms with van der Waals surface area (Å²) in [5, 5.41) is 3.03. The molecule has 6 heteroatoms. The van der Waals surface area contributed by atoms with Crippen LogP contribution < -0.4 is 5.32 Å². The molecular formula is C14H21ClN2O2S. The largest absolute Gasteiger partial charge is 0.381 e. The van der Waals surface area contributed by atoms with E-state index in [4.69, 9.17) is 16.3 Å². The van der Waals surface area contributed by atoms with Gasteiger partial charge < -0.3 is 15.0 Å². The van der Waals surface area contributed by atoms with Crippen LogP contribution in [-0.2, 0) is 4.74 Å². The predicted octanol–water partition coefficient (Wildman–Crippen LogP) is 3.53. The second kappa shape index (κ2) is 7.29. The highest BCUT2D eigenvalue weighted by atomic mass is 35.5. The fourth-order valence-electron chi connectivity index (χ4n) is 2.30. The van der Waals surface area contributed by atoms with Gasteiger partial charge in [0.05, 0.1) is 17.0 Å². The van der Waals surface area contributed by atoms with Gasteiger partial charge >= 0.3 is 6.03 Å². The maximum Gasteiger partial charge on any atom is 0.317 e. The van der Waals surface area contributed by atoms with Crippen LogP contribution >= 0.6 is 22.9 Å². The van der Waals surface area contributed by atoms with Gasteiger partial charge in [-0.3, -0.25) is 0 Å². The Morgan fingerprint density at radius 2 is 2.45 bits per heavy atom. The average Bonchev–Trinajstić information content (AvgIpc) is 3.06. The Bertz CT molecular complexity index is 446. The number of thiophene rings is 1. The molecule has 2 amide bonds. The van der Waals surface area contributed by atoms with Gasteiger partial charge in [-0.05, 0) is 32.4 Å². The summed E-state index contributed by atoms with van der Waals surface area (Å²) in [7, 11) is 0. The molecule has 20 heavy (non-hydrogen) atoms. The van der Waals surface area contributed by atoms with Crippen molar-refractivity contribution in [3.63, 3.8) is 0 Å². The highest BCUT2D eigenvalue weighted by Crippen LogP contribution is 2.26. The van der Waals surface area contributed by atoms with Gasteiger partial charge in [0.15, 0.2) is 0 Å². The van der Waals surface area contributed by atoms with Crippen LogP contribution in [0.2, 0.25) is 4.34 Å². The molecular weight excluding hydrogens is 296 g/mol. The van der Waals surface area contributed by atoms with Crippen molar-refractivity contribution < 1.29 is 9.53 Å². The molecule has 0 radical (unpaired) electrons. The highest BCUT2D eigenvalue weighted by molar-refractivity contribution is 7.16. The molecule has 1 aliphatic rings. The molecule has 2 rings (SSSR count). The third-order valence-electron chi connectivity index (χ3n) is 3.53. The Kier molecular flexibility index (Phi) is 5.69. The molecule has 1 aromatic heterocycles. The van der Waals surface area contributed by atoms with Crippen molar-refractivity contribution in [2.24, 2.45) is 5.92 Å². The lowest BCUT2D eigenvalue weighted by molar-refractivity contribution is 0.165. The van der Waals surface area contributed by atoms with Crippen LogP contribution in [0.15, 0.2) is 12.1 Å². The van der Waals surface area contributed by atoms with Gasteiger partial charge in [0.25, 0.3) is 0 Å². The monoisotopic (exact) mass is 316 g/mol. The summed E-state index contributed by atoms with van der Waals surface area (Å²) in [6, 6.07) is 3.78. The summed E-state index contributed by atoms with van der Waals surface area (Å²) in [4.78, 5) is 15.2. The summed E-state index contributed by atoms with van der Waals surface area (Å²) in [6.07, 6.45) is 1.04. The Labute approximate surface area is 129 Å². The van der Waals surface area contributed by atoms with E-state index in [9.17, 15) is 4.79 Å². The zero-order valence-electron chi connectivity index (χ0n) is 11.9. The van der Waals surface area contributed by atoms with Crippen LogP contribution in [0.25, 0.3) is 0 Å². The molecule has 2 atom stereocenters. The van der Waals surface area contributed by atoms with Crippen LogP contribution in [0.5, 0.6) is 0 Å². The zero-order valence-corrected chi connectivity index (χ0v) is 13.5. The number of rotatable bonds is 5. The fourth-order valence-corrected chi connectivity index (χ4v) is 3.37. The minimum Gasteiger partial charge on any atom is -0.381 e. The SMILES string of the molecule is CCN(C[C@H]1CCOC1)C(=O)N[C@H](C)c1ccc(Cl)s1. The molecule has 0 saturated carbocycles. The van der Waals surface area contributed by atoms with Crippen molar-refractivity contribution >= 4 is 29.0 Å². The van der Waals surface area contributed by atoms with E-state index in [0.29, 0.717) is 12.5 Å². The fraction of sp³-hybridized carbons (Fsp3) is 0.643. The first-order chi connectivity index (χ1) is 9.60. The minimum absolute atomic E-state index is 0.0172. The Hall–Kier alpha value is -0.780. The molecule has 1 aromatic rings. The molecule has 0 aliphatic carbocycles. The van der Waals surface area contributed by atoms with E-state index in [2.05, 4.69) is 5.32 Å². The second-order valence-electron chi connectivity index (χ2n) is 5.08. The maximum atomic E-state index is 12.3. The minimum atomic E-state index is -0.0196. The Balaban J connectivity index is 1.87. The molecule has 0 aromatic carbocycles. The number of halogens is 1. The van der Waals surface area contributed by atoms with E-state index in [1.165, 1.54) is 11.3 Å². The zero-order chi connectivity index (χ0) is 14.5. The van der Waals surface area contributed by atoms with Crippen LogP contribution in [0, 0.1) is 5.92 Å². The Morgan fingerprint density at radius 3 is 3.00 bits per heavy atom. The highest BCUT2D eigenvalue weighted by Gasteiger charge is 2.22. The third kappa shape index (κ3) is 4.11. The summed E-state index contributed by atoms with van der Waals surface area (Å²) in [5.41, 5.74) is 0. The van der Waals surface area contributed by atoms with Crippen molar-refractivity contribution in [1.29, 1.82) is 0 Å². The molecule has 1 saturated heterocycles. The number of nitrogens with zero attached hydrogens (tertiary/aromatic N) is 1. The topological polar surface area (TPSA) is 41.6 Å². The van der Waals surface area contributed by atoms with Crippen LogP contribution in [-0.4, -0.2) is 37.2 Å². The molecule has 1 aliphatic heterocycles. The molecule has 0 unspecified atom stereocenters. The van der Waals surface area contributed by atoms with Gasteiger partial charge in [0.2, 0.25) is 0 Å². The van der Waals surface area contributed by atoms with Crippen molar-refractivity contribution in [2.75, 3.05) is 26.3 Å². The molecule has 112 valence electrons. The van der Waals surface area contributed by atoms with Gasteiger partial charge in [-0.25, -0.2) is 4.79 Å². The molecule has 0 bridgehead atoms. The lowest BCUT2D eigenvalue weighted by Crippen LogP contribution is -2.43. The summed E-state index contributed by atoms with van der Waals surface area (Å²) in [6.45, 7) is 7.03. The van der Waals surface area contributed by atoms with E-state index in [1.807, 2.05) is 30.9 Å². The van der Waals surface area contributed by atoms with E-state index in [0.717, 1.165) is 35.4 Å². The van der Waals surface area contributed by atoms with E-state index >= 15 is 0 Å². The van der Waals surface area contributed by atoms with Crippen molar-refractivity contribution in [3.8, 4) is 0 Å². The number of hydrogen-bond acceptors (Lipinski definition) is 3. The van der Waals surface area contributed by atoms with Gasteiger partial charge in [-0.15, -0.1) is 11.3 Å². The number of urea groups is 1. The van der Waals surface area contributed by atoms with E-state index in [1.54, 1.807) is 0 Å². The number of nitrogens with one attached hydrogen (secondary N) is 1. The first-order valence-electron chi connectivity index (χ1n) is 6.98. The second-order valence-corrected chi connectivity index (χ2v) is 6.83. The number of ether oxygens (including phenoxy) is 1. The number of hydrogen-bond donors (Lipinski definition) is 1. The quantitative estimate of drug-likeness (QED) is 0.903. The van der Waals surface area contributed by atoms with Gasteiger partial charge in [0.1, 0.15) is 0 Å². The smallest absolute Gasteiger partial charge is 0.317 e. The summed E-state index contributed by atoms with van der Waals surface area (Å²) >= 11 is 7.43. The molecule has 4 nitrogen and oxygen atoms in total. The molecule has 2 heterocycles. The number of carbonyl (C=O) groups excluding carboxylic acids is 1.